The van der Waals surface area contributed by atoms with Crippen LogP contribution in [0.15, 0.2) is 24.3 Å². The predicted molar refractivity (Wildman–Crippen MR) is 70.0 cm³/mol. The Bertz CT molecular complexity index is 503. The van der Waals surface area contributed by atoms with E-state index in [1.165, 1.54) is 0 Å². The van der Waals surface area contributed by atoms with Gasteiger partial charge in [-0.1, -0.05) is 18.2 Å². The number of ether oxygens (including phenoxy) is 1. The second-order valence-corrected chi connectivity index (χ2v) is 5.34. The monoisotopic (exact) mass is 262 g/mol. The van der Waals surface area contributed by atoms with E-state index in [0.717, 1.165) is 11.3 Å². The third kappa shape index (κ3) is 1.76. The number of nitrogens with zero attached hydrogens (tertiary/aromatic N) is 2. The van der Waals surface area contributed by atoms with Crippen molar-refractivity contribution in [2.45, 2.75) is 12.1 Å². The molecule has 0 unspecified atom stereocenters. The van der Waals surface area contributed by atoms with Gasteiger partial charge in [-0.2, -0.15) is 0 Å². The first-order valence-corrected chi connectivity index (χ1v) is 6.48. The Labute approximate surface area is 112 Å². The number of aliphatic hydroxyl groups excluding tert-OH is 1. The quantitative estimate of drug-likeness (QED) is 0.824. The zero-order chi connectivity index (χ0) is 13.6. The van der Waals surface area contributed by atoms with Gasteiger partial charge < -0.3 is 19.6 Å². The molecule has 1 N–H and O–H groups in total. The highest BCUT2D eigenvalue weighted by molar-refractivity contribution is 5.75. The second kappa shape index (κ2) is 4.42. The minimum atomic E-state index is -0.133. The van der Waals surface area contributed by atoms with E-state index >= 15 is 0 Å². The van der Waals surface area contributed by atoms with Gasteiger partial charge in [-0.15, -0.1) is 0 Å². The summed E-state index contributed by atoms with van der Waals surface area (Å²) in [7, 11) is 3.48. The molecule has 2 aliphatic rings. The number of amides is 2. The lowest BCUT2D eigenvalue weighted by molar-refractivity contribution is 0.118. The average Bonchev–Trinajstić information content (AvgIpc) is 2.94. The average molecular weight is 262 g/mol. The van der Waals surface area contributed by atoms with Crippen LogP contribution < -0.4 is 4.74 Å². The number of carbonyl (C=O) groups is 1. The molecule has 0 spiro atoms. The first-order valence-electron chi connectivity index (χ1n) is 6.48. The number of rotatable bonds is 1. The zero-order valence-electron chi connectivity index (χ0n) is 11.1. The molecule has 5 nitrogen and oxygen atoms in total. The molecule has 1 saturated heterocycles. The van der Waals surface area contributed by atoms with Crippen molar-refractivity contribution in [2.75, 3.05) is 27.2 Å². The van der Waals surface area contributed by atoms with Crippen molar-refractivity contribution in [1.29, 1.82) is 0 Å². The number of hydrogen-bond donors (Lipinski definition) is 1. The highest BCUT2D eigenvalue weighted by atomic mass is 16.5. The molecular formula is C14H18N2O3. The molecule has 5 heteroatoms. The van der Waals surface area contributed by atoms with Gasteiger partial charge in [0, 0.05) is 32.1 Å². The molecule has 1 aromatic carbocycles. The van der Waals surface area contributed by atoms with E-state index in [1.54, 1.807) is 23.9 Å². The van der Waals surface area contributed by atoms with Crippen LogP contribution in [-0.2, 0) is 0 Å². The Morgan fingerprint density at radius 1 is 1.47 bits per heavy atom. The SMILES string of the molecule is CN(C)C(=O)N1C[C@@H](CO)[C@@H]2Oc3ccccc3[C@@H]21. The van der Waals surface area contributed by atoms with Gasteiger partial charge in [0.1, 0.15) is 11.9 Å². The fourth-order valence-electron chi connectivity index (χ4n) is 3.01. The van der Waals surface area contributed by atoms with E-state index in [0.29, 0.717) is 6.54 Å². The van der Waals surface area contributed by atoms with Gasteiger partial charge >= 0.3 is 6.03 Å². The predicted octanol–water partition coefficient (Wildman–Crippen LogP) is 1.09. The van der Waals surface area contributed by atoms with Crippen molar-refractivity contribution in [1.82, 2.24) is 9.80 Å². The summed E-state index contributed by atoms with van der Waals surface area (Å²) in [6, 6.07) is 7.67. The number of benzene rings is 1. The van der Waals surface area contributed by atoms with E-state index in [9.17, 15) is 9.90 Å². The number of carbonyl (C=O) groups excluding carboxylic acids is 1. The maximum Gasteiger partial charge on any atom is 0.320 e. The molecule has 0 aromatic heterocycles. The van der Waals surface area contributed by atoms with Gasteiger partial charge in [0.2, 0.25) is 0 Å². The summed E-state index contributed by atoms with van der Waals surface area (Å²) in [5.74, 6) is 0.800. The summed E-state index contributed by atoms with van der Waals surface area (Å²) in [4.78, 5) is 15.6. The van der Waals surface area contributed by atoms with Crippen LogP contribution in [0.4, 0.5) is 4.79 Å². The van der Waals surface area contributed by atoms with E-state index in [-0.39, 0.29) is 30.7 Å². The van der Waals surface area contributed by atoms with Gasteiger partial charge in [0.25, 0.3) is 0 Å². The summed E-state index contributed by atoms with van der Waals surface area (Å²) in [6.45, 7) is 0.573. The number of aliphatic hydroxyl groups is 1. The minimum absolute atomic E-state index is 0.0266. The van der Waals surface area contributed by atoms with E-state index < -0.39 is 0 Å². The molecule has 0 bridgehead atoms. The first kappa shape index (κ1) is 12.3. The van der Waals surface area contributed by atoms with Crippen LogP contribution >= 0.6 is 0 Å². The molecule has 0 aliphatic carbocycles. The number of fused-ring (bicyclic) bond motifs is 3. The van der Waals surface area contributed by atoms with Crippen LogP contribution in [0.25, 0.3) is 0 Å². The Hall–Kier alpha value is -1.75. The number of hydrogen-bond acceptors (Lipinski definition) is 3. The zero-order valence-corrected chi connectivity index (χ0v) is 11.1. The summed E-state index contributed by atoms with van der Waals surface area (Å²) in [6.07, 6.45) is -0.133. The van der Waals surface area contributed by atoms with Crippen LogP contribution in [0.5, 0.6) is 5.75 Å². The van der Waals surface area contributed by atoms with Crippen molar-refractivity contribution in [3.63, 3.8) is 0 Å². The largest absolute Gasteiger partial charge is 0.487 e. The number of para-hydroxylation sites is 1. The fraction of sp³-hybridized carbons (Fsp3) is 0.500. The van der Waals surface area contributed by atoms with Crippen molar-refractivity contribution < 1.29 is 14.6 Å². The maximum atomic E-state index is 12.3. The van der Waals surface area contributed by atoms with Crippen molar-refractivity contribution in [2.24, 2.45) is 5.92 Å². The lowest BCUT2D eigenvalue weighted by Gasteiger charge is -2.26. The molecule has 3 atom stereocenters. The van der Waals surface area contributed by atoms with Crippen LogP contribution in [-0.4, -0.2) is 54.3 Å². The molecule has 2 heterocycles. The molecule has 3 rings (SSSR count). The Kier molecular flexibility index (Phi) is 2.86. The Morgan fingerprint density at radius 3 is 2.89 bits per heavy atom. The topological polar surface area (TPSA) is 53.0 Å². The molecular weight excluding hydrogens is 244 g/mol. The highest BCUT2D eigenvalue weighted by Gasteiger charge is 2.50. The van der Waals surface area contributed by atoms with Gasteiger partial charge in [-0.05, 0) is 6.07 Å². The lowest BCUT2D eigenvalue weighted by Crippen LogP contribution is -2.39. The van der Waals surface area contributed by atoms with Crippen LogP contribution in [0.3, 0.4) is 0 Å². The molecule has 2 amide bonds. The third-order valence-electron chi connectivity index (χ3n) is 3.91. The highest BCUT2D eigenvalue weighted by Crippen LogP contribution is 2.47. The number of likely N-dealkylation sites (tertiary alicyclic amines) is 1. The molecule has 1 aromatic rings. The Morgan fingerprint density at radius 2 is 2.21 bits per heavy atom. The van der Waals surface area contributed by atoms with E-state index in [2.05, 4.69) is 0 Å². The van der Waals surface area contributed by atoms with Crippen LogP contribution in [0.1, 0.15) is 11.6 Å². The van der Waals surface area contributed by atoms with Crippen molar-refractivity contribution in [3.05, 3.63) is 29.8 Å². The van der Waals surface area contributed by atoms with Gasteiger partial charge in [0.05, 0.1) is 12.6 Å². The maximum absolute atomic E-state index is 12.3. The lowest BCUT2D eigenvalue weighted by atomic mass is 9.99. The van der Waals surface area contributed by atoms with Gasteiger partial charge in [-0.25, -0.2) is 4.79 Å². The van der Waals surface area contributed by atoms with Crippen molar-refractivity contribution >= 4 is 6.03 Å². The van der Waals surface area contributed by atoms with E-state index in [1.807, 2.05) is 24.3 Å². The molecule has 19 heavy (non-hydrogen) atoms. The third-order valence-corrected chi connectivity index (χ3v) is 3.91. The second-order valence-electron chi connectivity index (χ2n) is 5.34. The molecule has 1 fully saturated rings. The normalized spacial score (nSPS) is 27.7. The fourth-order valence-corrected chi connectivity index (χ4v) is 3.01. The van der Waals surface area contributed by atoms with Crippen LogP contribution in [0.2, 0.25) is 0 Å². The van der Waals surface area contributed by atoms with Crippen molar-refractivity contribution in [3.8, 4) is 5.75 Å². The van der Waals surface area contributed by atoms with Gasteiger partial charge in [0.15, 0.2) is 0 Å². The summed E-state index contributed by atoms with van der Waals surface area (Å²) >= 11 is 0. The number of urea groups is 1. The van der Waals surface area contributed by atoms with E-state index in [4.69, 9.17) is 4.74 Å². The minimum Gasteiger partial charge on any atom is -0.487 e. The molecule has 0 radical (unpaired) electrons. The standard InChI is InChI=1S/C14H18N2O3/c1-15(2)14(18)16-7-9(8-17)13-12(16)10-5-3-4-6-11(10)19-13/h3-6,9,12-13,17H,7-8H2,1-2H3/t9-,12-,13-/m0/s1. The molecule has 0 saturated carbocycles. The summed E-state index contributed by atoms with van der Waals surface area (Å²) < 4.78 is 5.92. The summed E-state index contributed by atoms with van der Waals surface area (Å²) in [5.41, 5.74) is 1.04. The first-order chi connectivity index (χ1) is 9.13. The van der Waals surface area contributed by atoms with Crippen LogP contribution in [0, 0.1) is 5.92 Å². The summed E-state index contributed by atoms with van der Waals surface area (Å²) in [5, 5.41) is 9.50. The molecule has 102 valence electrons. The molecule has 2 aliphatic heterocycles. The van der Waals surface area contributed by atoms with Gasteiger partial charge in [-0.3, -0.25) is 0 Å². The Balaban J connectivity index is 1.98. The smallest absolute Gasteiger partial charge is 0.320 e.